The minimum atomic E-state index is -4.95. The van der Waals surface area contributed by atoms with Crippen molar-refractivity contribution in [3.8, 4) is 11.5 Å². The number of aliphatic carboxylic acids is 1. The van der Waals surface area contributed by atoms with E-state index in [2.05, 4.69) is 14.8 Å². The highest BCUT2D eigenvalue weighted by atomic mass is 32.2. The molecule has 0 saturated carbocycles. The van der Waals surface area contributed by atoms with Gasteiger partial charge in [-0.3, -0.25) is 14.3 Å². The Hall–Kier alpha value is -3.74. The highest BCUT2D eigenvalue weighted by molar-refractivity contribution is 7.92. The largest absolute Gasteiger partial charge is 0.573 e. The average Bonchev–Trinajstić information content (AvgIpc) is 2.78. The van der Waals surface area contributed by atoms with Crippen molar-refractivity contribution >= 4 is 33.3 Å². The lowest BCUT2D eigenvalue weighted by molar-refractivity contribution is -0.274. The Kier molecular flexibility index (Phi) is 8.13. The van der Waals surface area contributed by atoms with Crippen LogP contribution in [0.15, 0.2) is 59.5 Å². The minimum Gasteiger partial charge on any atom is -0.492 e. The third-order valence-electron chi connectivity index (χ3n) is 5.21. The van der Waals surface area contributed by atoms with Crippen LogP contribution in [0.4, 0.5) is 24.5 Å². The normalized spacial score (nSPS) is 17.8. The molecule has 0 unspecified atom stereocenters. The molecule has 0 fully saturated rings. The Morgan fingerprint density at radius 1 is 1.06 bits per heavy atom. The first-order chi connectivity index (χ1) is 16.9. The van der Waals surface area contributed by atoms with Crippen LogP contribution in [0, 0.1) is 11.8 Å². The van der Waals surface area contributed by atoms with Crippen LogP contribution in [-0.2, 0) is 19.6 Å². The number of sulfonamides is 1. The number of carbonyl (C=O) groups is 2. The molecule has 2 aromatic rings. The van der Waals surface area contributed by atoms with Crippen molar-refractivity contribution in [2.75, 3.05) is 16.6 Å². The van der Waals surface area contributed by atoms with Gasteiger partial charge in [-0.05, 0) is 44.0 Å². The monoisotopic (exact) mass is 528 g/mol. The van der Waals surface area contributed by atoms with Gasteiger partial charge < -0.3 is 19.9 Å². The summed E-state index contributed by atoms with van der Waals surface area (Å²) in [6.45, 7) is 1.68. The Labute approximate surface area is 205 Å². The molecule has 0 saturated heterocycles. The number of halogens is 3. The molecule has 3 rings (SSSR count). The lowest BCUT2D eigenvalue weighted by atomic mass is 9.82. The van der Waals surface area contributed by atoms with E-state index in [0.717, 1.165) is 18.2 Å². The molecule has 0 radical (unpaired) electrons. The predicted octanol–water partition coefficient (Wildman–Crippen LogP) is 4.39. The number of carbonyl (C=O) groups excluding carboxylic acids is 1. The quantitative estimate of drug-likeness (QED) is 0.412. The average molecular weight is 529 g/mol. The zero-order valence-electron chi connectivity index (χ0n) is 18.9. The van der Waals surface area contributed by atoms with Crippen LogP contribution in [0.5, 0.6) is 11.5 Å². The van der Waals surface area contributed by atoms with E-state index in [-0.39, 0.29) is 41.5 Å². The van der Waals surface area contributed by atoms with Gasteiger partial charge in [0.1, 0.15) is 16.4 Å². The first-order valence-corrected chi connectivity index (χ1v) is 12.2. The molecule has 0 aromatic heterocycles. The number of ether oxygens (including phenoxy) is 2. The van der Waals surface area contributed by atoms with Gasteiger partial charge in [0.05, 0.1) is 24.1 Å². The van der Waals surface area contributed by atoms with Crippen LogP contribution in [0.3, 0.4) is 0 Å². The fraction of sp³-hybridized carbons (Fsp3) is 0.304. The van der Waals surface area contributed by atoms with E-state index in [1.807, 2.05) is 0 Å². The zero-order valence-corrected chi connectivity index (χ0v) is 19.7. The molecule has 2 aromatic carbocycles. The van der Waals surface area contributed by atoms with Gasteiger partial charge in [0.25, 0.3) is 10.0 Å². The fourth-order valence-electron chi connectivity index (χ4n) is 3.65. The Balaban J connectivity index is 1.83. The second-order valence-corrected chi connectivity index (χ2v) is 9.41. The molecule has 2 atom stereocenters. The summed E-state index contributed by atoms with van der Waals surface area (Å²) in [5.41, 5.74) is 0.00306. The SMILES string of the molecule is CCOc1cc(NC(=O)[C@H]2CC=CC[C@H]2C(=O)O)ccc1S(=O)(=O)Nc1cccc(OC(F)(F)F)c1. The number of nitrogens with one attached hydrogen (secondary N) is 2. The van der Waals surface area contributed by atoms with Crippen LogP contribution in [-0.4, -0.2) is 38.4 Å². The summed E-state index contributed by atoms with van der Waals surface area (Å²) >= 11 is 0. The van der Waals surface area contributed by atoms with Crippen LogP contribution in [0.1, 0.15) is 19.8 Å². The Morgan fingerprint density at radius 3 is 2.39 bits per heavy atom. The molecule has 1 aliphatic rings. The summed E-state index contributed by atoms with van der Waals surface area (Å²) in [6, 6.07) is 8.05. The highest BCUT2D eigenvalue weighted by Crippen LogP contribution is 2.32. The van der Waals surface area contributed by atoms with Gasteiger partial charge in [-0.25, -0.2) is 8.42 Å². The van der Waals surface area contributed by atoms with E-state index >= 15 is 0 Å². The highest BCUT2D eigenvalue weighted by Gasteiger charge is 2.34. The van der Waals surface area contributed by atoms with E-state index in [9.17, 15) is 36.3 Å². The summed E-state index contributed by atoms with van der Waals surface area (Å²) in [6.07, 6.45) is -1.05. The lowest BCUT2D eigenvalue weighted by Crippen LogP contribution is -2.34. The number of carboxylic acid groups (broad SMARTS) is 1. The van der Waals surface area contributed by atoms with Gasteiger partial charge in [0, 0.05) is 17.8 Å². The molecular formula is C23H23F3N2O7S. The first-order valence-electron chi connectivity index (χ1n) is 10.7. The van der Waals surface area contributed by atoms with E-state index in [0.29, 0.717) is 0 Å². The first kappa shape index (κ1) is 26.9. The lowest BCUT2D eigenvalue weighted by Gasteiger charge is -2.24. The maximum atomic E-state index is 13.0. The van der Waals surface area contributed by atoms with Gasteiger partial charge in [0.15, 0.2) is 0 Å². The maximum Gasteiger partial charge on any atom is 0.573 e. The molecule has 9 nitrogen and oxygen atoms in total. The van der Waals surface area contributed by atoms with Crippen molar-refractivity contribution in [2.45, 2.75) is 31.0 Å². The smallest absolute Gasteiger partial charge is 0.492 e. The number of amides is 1. The third kappa shape index (κ3) is 6.90. The minimum absolute atomic E-state index is 0.0728. The van der Waals surface area contributed by atoms with Crippen LogP contribution in [0.2, 0.25) is 0 Å². The predicted molar refractivity (Wildman–Crippen MR) is 123 cm³/mol. The Bertz CT molecular complexity index is 1260. The molecule has 0 spiro atoms. The zero-order chi connectivity index (χ0) is 26.5. The van der Waals surface area contributed by atoms with Gasteiger partial charge in [0.2, 0.25) is 5.91 Å². The molecule has 1 amide bonds. The summed E-state index contributed by atoms with van der Waals surface area (Å²) < 4.78 is 74.8. The van der Waals surface area contributed by atoms with Crippen molar-refractivity contribution in [1.82, 2.24) is 0 Å². The number of rotatable bonds is 9. The maximum absolute atomic E-state index is 13.0. The van der Waals surface area contributed by atoms with E-state index < -0.39 is 45.8 Å². The molecule has 36 heavy (non-hydrogen) atoms. The summed E-state index contributed by atoms with van der Waals surface area (Å²) in [7, 11) is -4.32. The molecule has 0 aliphatic heterocycles. The van der Waals surface area contributed by atoms with Gasteiger partial charge in [-0.1, -0.05) is 18.2 Å². The fourth-order valence-corrected chi connectivity index (χ4v) is 4.83. The van der Waals surface area contributed by atoms with Crippen LogP contribution >= 0.6 is 0 Å². The van der Waals surface area contributed by atoms with E-state index in [4.69, 9.17) is 4.74 Å². The number of hydrogen-bond acceptors (Lipinski definition) is 6. The van der Waals surface area contributed by atoms with Crippen molar-refractivity contribution in [1.29, 1.82) is 0 Å². The number of allylic oxidation sites excluding steroid dienone is 2. The second-order valence-electron chi connectivity index (χ2n) is 7.76. The molecule has 3 N–H and O–H groups in total. The standard InChI is InChI=1S/C23H23F3N2O7S/c1-2-34-19-13-14(27-21(29)17-8-3-4-9-18(17)22(30)31)10-11-20(19)36(32,33)28-15-6-5-7-16(12-15)35-23(24,25)26/h3-7,10-13,17-18,28H,2,8-9H2,1H3,(H,27,29)(H,30,31)/t17-,18+/m0/s1. The number of hydrogen-bond donors (Lipinski definition) is 3. The van der Waals surface area contributed by atoms with Crippen LogP contribution in [0.25, 0.3) is 0 Å². The van der Waals surface area contributed by atoms with Crippen LogP contribution < -0.4 is 19.5 Å². The van der Waals surface area contributed by atoms with Crippen molar-refractivity contribution in [3.05, 3.63) is 54.6 Å². The van der Waals surface area contributed by atoms with Crippen molar-refractivity contribution in [2.24, 2.45) is 11.8 Å². The van der Waals surface area contributed by atoms with Gasteiger partial charge in [-0.2, -0.15) is 0 Å². The van der Waals surface area contributed by atoms with Gasteiger partial charge in [-0.15, -0.1) is 13.2 Å². The topological polar surface area (TPSA) is 131 Å². The van der Waals surface area contributed by atoms with Crippen molar-refractivity contribution < 1.29 is 45.8 Å². The number of anilines is 2. The summed E-state index contributed by atoms with van der Waals surface area (Å²) in [5.74, 6) is -4.05. The number of carboxylic acids is 1. The van der Waals surface area contributed by atoms with Gasteiger partial charge >= 0.3 is 12.3 Å². The molecular weight excluding hydrogens is 505 g/mol. The van der Waals surface area contributed by atoms with E-state index in [1.54, 1.807) is 19.1 Å². The molecule has 194 valence electrons. The van der Waals surface area contributed by atoms with E-state index in [1.165, 1.54) is 24.3 Å². The summed E-state index contributed by atoms with van der Waals surface area (Å²) in [4.78, 5) is 23.9. The third-order valence-corrected chi connectivity index (χ3v) is 6.63. The molecule has 0 heterocycles. The number of benzene rings is 2. The molecule has 1 aliphatic carbocycles. The van der Waals surface area contributed by atoms with Crippen molar-refractivity contribution in [3.63, 3.8) is 0 Å². The Morgan fingerprint density at radius 2 is 1.75 bits per heavy atom. The number of alkyl halides is 3. The summed E-state index contributed by atoms with van der Waals surface area (Å²) in [5, 5.41) is 12.0. The second kappa shape index (κ2) is 10.9. The molecule has 0 bridgehead atoms. The molecule has 13 heteroatoms.